The summed E-state index contributed by atoms with van der Waals surface area (Å²) in [6.45, 7) is 1.82. The molecule has 1 amide bonds. The van der Waals surface area contributed by atoms with Gasteiger partial charge in [0.15, 0.2) is 0 Å². The van der Waals surface area contributed by atoms with Gasteiger partial charge < -0.3 is 15.2 Å². The molecule has 3 atom stereocenters. The third kappa shape index (κ3) is 2.03. The Kier molecular flexibility index (Phi) is 3.23. The number of ether oxygens (including phenoxy) is 1. The first kappa shape index (κ1) is 12.4. The van der Waals surface area contributed by atoms with Crippen LogP contribution in [0.3, 0.4) is 0 Å². The van der Waals surface area contributed by atoms with Crippen LogP contribution in [0.2, 0.25) is 0 Å². The van der Waals surface area contributed by atoms with Crippen LogP contribution in [0.5, 0.6) is 5.75 Å². The Morgan fingerprint density at radius 2 is 1.94 bits per heavy atom. The second-order valence-corrected chi connectivity index (χ2v) is 4.41. The minimum Gasteiger partial charge on any atom is -0.497 e. The normalized spacial score (nSPS) is 26.8. The van der Waals surface area contributed by atoms with E-state index in [1.54, 1.807) is 31.4 Å². The number of hydrogen-bond donors (Lipinski definition) is 2. The Bertz CT molecular complexity index is 468. The standard InChI is InChI=1S/C13H15NO4/c1-7-10(11(13(16)17)12(15)14-7)8-3-5-9(18-2)6-4-8/h3-7,10-11H,1-2H3,(H,14,15)(H,16,17)/t7-,10+,11+/m0/s1. The highest BCUT2D eigenvalue weighted by molar-refractivity contribution is 6.00. The second-order valence-electron chi connectivity index (χ2n) is 4.41. The number of benzene rings is 1. The van der Waals surface area contributed by atoms with E-state index >= 15 is 0 Å². The average molecular weight is 249 g/mol. The van der Waals surface area contributed by atoms with Crippen molar-refractivity contribution in [2.24, 2.45) is 5.92 Å². The molecule has 0 saturated carbocycles. The van der Waals surface area contributed by atoms with Crippen molar-refractivity contribution in [2.45, 2.75) is 18.9 Å². The quantitative estimate of drug-likeness (QED) is 0.783. The van der Waals surface area contributed by atoms with Crippen LogP contribution in [0.4, 0.5) is 0 Å². The molecule has 0 aromatic heterocycles. The molecule has 0 aliphatic carbocycles. The number of carbonyl (C=O) groups excluding carboxylic acids is 1. The lowest BCUT2D eigenvalue weighted by atomic mass is 9.84. The second kappa shape index (κ2) is 4.68. The first-order valence-corrected chi connectivity index (χ1v) is 5.71. The molecular formula is C13H15NO4. The molecular weight excluding hydrogens is 234 g/mol. The van der Waals surface area contributed by atoms with Crippen LogP contribution in [0.15, 0.2) is 24.3 Å². The molecule has 1 aliphatic heterocycles. The molecule has 1 fully saturated rings. The molecule has 1 saturated heterocycles. The number of rotatable bonds is 3. The minimum absolute atomic E-state index is 0.188. The summed E-state index contributed by atoms with van der Waals surface area (Å²) in [6, 6.07) is 6.95. The number of methoxy groups -OCH3 is 1. The Balaban J connectivity index is 2.34. The molecule has 5 nitrogen and oxygen atoms in total. The summed E-state index contributed by atoms with van der Waals surface area (Å²) in [4.78, 5) is 22.8. The highest BCUT2D eigenvalue weighted by atomic mass is 16.5. The summed E-state index contributed by atoms with van der Waals surface area (Å²) in [5.41, 5.74) is 0.828. The maximum atomic E-state index is 11.6. The number of amides is 1. The summed E-state index contributed by atoms with van der Waals surface area (Å²) >= 11 is 0. The molecule has 5 heteroatoms. The smallest absolute Gasteiger partial charge is 0.316 e. The molecule has 2 N–H and O–H groups in total. The van der Waals surface area contributed by atoms with E-state index in [-0.39, 0.29) is 12.0 Å². The average Bonchev–Trinajstić information content (AvgIpc) is 2.64. The highest BCUT2D eigenvalue weighted by Gasteiger charge is 2.45. The van der Waals surface area contributed by atoms with Gasteiger partial charge in [-0.25, -0.2) is 0 Å². The SMILES string of the molecule is COc1ccc([C@@H]2[C@@H](C(=O)O)C(=O)N[C@H]2C)cc1. The van der Waals surface area contributed by atoms with Crippen LogP contribution in [-0.2, 0) is 9.59 Å². The Hall–Kier alpha value is -2.04. The lowest BCUT2D eigenvalue weighted by molar-refractivity contribution is -0.145. The van der Waals surface area contributed by atoms with Gasteiger partial charge in [0.05, 0.1) is 7.11 Å². The topological polar surface area (TPSA) is 75.6 Å². The van der Waals surface area contributed by atoms with Gasteiger partial charge in [0, 0.05) is 12.0 Å². The molecule has 0 spiro atoms. The molecule has 0 bridgehead atoms. The lowest BCUT2D eigenvalue weighted by Gasteiger charge is -2.18. The van der Waals surface area contributed by atoms with Gasteiger partial charge in [-0.05, 0) is 24.6 Å². The first-order chi connectivity index (χ1) is 8.54. The van der Waals surface area contributed by atoms with Crippen molar-refractivity contribution in [2.75, 3.05) is 7.11 Å². The minimum atomic E-state index is -1.09. The molecule has 1 heterocycles. The largest absolute Gasteiger partial charge is 0.497 e. The molecule has 0 unspecified atom stereocenters. The van der Waals surface area contributed by atoms with Crippen molar-refractivity contribution >= 4 is 11.9 Å². The fraction of sp³-hybridized carbons (Fsp3) is 0.385. The lowest BCUT2D eigenvalue weighted by Crippen LogP contribution is -2.26. The van der Waals surface area contributed by atoms with E-state index in [4.69, 9.17) is 9.84 Å². The summed E-state index contributed by atoms with van der Waals surface area (Å²) in [5.74, 6) is -2.17. The van der Waals surface area contributed by atoms with Gasteiger partial charge in [0.1, 0.15) is 11.7 Å². The van der Waals surface area contributed by atoms with Crippen LogP contribution in [0.1, 0.15) is 18.4 Å². The van der Waals surface area contributed by atoms with Crippen molar-refractivity contribution in [3.63, 3.8) is 0 Å². The van der Waals surface area contributed by atoms with Gasteiger partial charge in [-0.15, -0.1) is 0 Å². The van der Waals surface area contributed by atoms with E-state index in [2.05, 4.69) is 5.32 Å². The Morgan fingerprint density at radius 1 is 1.33 bits per heavy atom. The summed E-state index contributed by atoms with van der Waals surface area (Å²) in [7, 11) is 1.57. The predicted molar refractivity (Wildman–Crippen MR) is 64.5 cm³/mol. The maximum Gasteiger partial charge on any atom is 0.316 e. The summed E-state index contributed by atoms with van der Waals surface area (Å²) < 4.78 is 5.06. The summed E-state index contributed by atoms with van der Waals surface area (Å²) in [6.07, 6.45) is 0. The zero-order valence-electron chi connectivity index (χ0n) is 10.2. The Labute approximate surface area is 105 Å². The zero-order chi connectivity index (χ0) is 13.3. The van der Waals surface area contributed by atoms with E-state index < -0.39 is 17.8 Å². The molecule has 1 aromatic carbocycles. The predicted octanol–water partition coefficient (Wildman–Crippen LogP) is 0.998. The fourth-order valence-electron chi connectivity index (χ4n) is 2.43. The third-order valence-corrected chi connectivity index (χ3v) is 3.32. The van der Waals surface area contributed by atoms with Crippen LogP contribution in [0, 0.1) is 5.92 Å². The molecule has 2 rings (SSSR count). The highest BCUT2D eigenvalue weighted by Crippen LogP contribution is 2.34. The van der Waals surface area contributed by atoms with E-state index in [1.165, 1.54) is 0 Å². The zero-order valence-corrected chi connectivity index (χ0v) is 10.2. The Morgan fingerprint density at radius 3 is 2.44 bits per heavy atom. The molecule has 1 aromatic rings. The van der Waals surface area contributed by atoms with Crippen LogP contribution >= 0.6 is 0 Å². The number of carboxylic acid groups (broad SMARTS) is 1. The van der Waals surface area contributed by atoms with Crippen molar-refractivity contribution in [1.82, 2.24) is 5.32 Å². The van der Waals surface area contributed by atoms with Crippen molar-refractivity contribution in [1.29, 1.82) is 0 Å². The van der Waals surface area contributed by atoms with Crippen molar-refractivity contribution in [3.8, 4) is 5.75 Å². The van der Waals surface area contributed by atoms with Crippen molar-refractivity contribution in [3.05, 3.63) is 29.8 Å². The van der Waals surface area contributed by atoms with Crippen LogP contribution in [0.25, 0.3) is 0 Å². The number of hydrogen-bond acceptors (Lipinski definition) is 3. The number of carbonyl (C=O) groups is 2. The molecule has 0 radical (unpaired) electrons. The van der Waals surface area contributed by atoms with Gasteiger partial charge in [0.25, 0.3) is 0 Å². The van der Waals surface area contributed by atoms with Gasteiger partial charge in [0.2, 0.25) is 5.91 Å². The van der Waals surface area contributed by atoms with Gasteiger partial charge in [-0.2, -0.15) is 0 Å². The number of aliphatic carboxylic acids is 1. The monoisotopic (exact) mass is 249 g/mol. The van der Waals surface area contributed by atoms with E-state index in [0.29, 0.717) is 5.75 Å². The molecule has 1 aliphatic rings. The van der Waals surface area contributed by atoms with E-state index in [1.807, 2.05) is 6.92 Å². The number of carboxylic acids is 1. The first-order valence-electron chi connectivity index (χ1n) is 5.71. The van der Waals surface area contributed by atoms with Gasteiger partial charge >= 0.3 is 5.97 Å². The number of nitrogens with one attached hydrogen (secondary N) is 1. The van der Waals surface area contributed by atoms with E-state index in [9.17, 15) is 9.59 Å². The molecule has 96 valence electrons. The maximum absolute atomic E-state index is 11.6. The fourth-order valence-corrected chi connectivity index (χ4v) is 2.43. The van der Waals surface area contributed by atoms with E-state index in [0.717, 1.165) is 5.56 Å². The third-order valence-electron chi connectivity index (χ3n) is 3.32. The van der Waals surface area contributed by atoms with Crippen LogP contribution < -0.4 is 10.1 Å². The summed E-state index contributed by atoms with van der Waals surface area (Å²) in [5, 5.41) is 11.8. The van der Waals surface area contributed by atoms with Gasteiger partial charge in [-0.3, -0.25) is 9.59 Å². The van der Waals surface area contributed by atoms with Gasteiger partial charge in [-0.1, -0.05) is 12.1 Å². The van der Waals surface area contributed by atoms with Crippen molar-refractivity contribution < 1.29 is 19.4 Å². The molecule has 18 heavy (non-hydrogen) atoms. The van der Waals surface area contributed by atoms with Crippen LogP contribution in [-0.4, -0.2) is 30.1 Å².